The number of likely N-dealkylation sites (tertiary alicyclic amines) is 1. The Morgan fingerprint density at radius 2 is 2.12 bits per heavy atom. The highest BCUT2D eigenvalue weighted by Gasteiger charge is 2.26. The molecular weight excluding hydrogens is 216 g/mol. The summed E-state index contributed by atoms with van der Waals surface area (Å²) in [6.07, 6.45) is 0.471. The molecule has 0 saturated carbocycles. The van der Waals surface area contributed by atoms with Crippen LogP contribution in [0.1, 0.15) is 12.0 Å². The second-order valence-corrected chi connectivity index (χ2v) is 4.34. The molecule has 0 bridgehead atoms. The topological polar surface area (TPSA) is 55.6 Å². The number of rotatable bonds is 5. The lowest BCUT2D eigenvalue weighted by Crippen LogP contribution is -2.31. The van der Waals surface area contributed by atoms with Crippen molar-refractivity contribution in [1.29, 1.82) is 0 Å². The van der Waals surface area contributed by atoms with Crippen molar-refractivity contribution in [2.45, 2.75) is 19.1 Å². The summed E-state index contributed by atoms with van der Waals surface area (Å²) in [4.78, 5) is 13.2. The maximum absolute atomic E-state index is 11.4. The number of ether oxygens (including phenoxy) is 1. The summed E-state index contributed by atoms with van der Waals surface area (Å²) in [5, 5.41) is 0. The molecule has 1 unspecified atom stereocenters. The Balaban J connectivity index is 1.65. The third-order valence-electron chi connectivity index (χ3n) is 2.86. The highest BCUT2D eigenvalue weighted by molar-refractivity contribution is 5.79. The van der Waals surface area contributed by atoms with Crippen molar-refractivity contribution in [3.8, 4) is 0 Å². The first-order chi connectivity index (χ1) is 8.25. The molecule has 0 aliphatic carbocycles. The van der Waals surface area contributed by atoms with Crippen LogP contribution in [0, 0.1) is 0 Å². The Morgan fingerprint density at radius 1 is 1.35 bits per heavy atom. The molecule has 92 valence electrons. The monoisotopic (exact) mass is 234 g/mol. The molecule has 1 saturated heterocycles. The number of carbonyl (C=O) groups excluding carboxylic acids is 1. The molecule has 1 heterocycles. The number of nitrogens with zero attached hydrogens (tertiary/aromatic N) is 1. The van der Waals surface area contributed by atoms with Crippen LogP contribution in [0.25, 0.3) is 0 Å². The Labute approximate surface area is 101 Å². The summed E-state index contributed by atoms with van der Waals surface area (Å²) >= 11 is 0. The van der Waals surface area contributed by atoms with Gasteiger partial charge < -0.3 is 15.4 Å². The Kier molecular flexibility index (Phi) is 4.12. The smallest absolute Gasteiger partial charge is 0.224 e. The van der Waals surface area contributed by atoms with Gasteiger partial charge in [0.05, 0.1) is 13.2 Å². The molecule has 1 fully saturated rings. The van der Waals surface area contributed by atoms with Crippen molar-refractivity contribution in [1.82, 2.24) is 4.90 Å². The van der Waals surface area contributed by atoms with Gasteiger partial charge in [-0.1, -0.05) is 30.3 Å². The maximum Gasteiger partial charge on any atom is 0.224 e. The van der Waals surface area contributed by atoms with E-state index in [-0.39, 0.29) is 11.9 Å². The highest BCUT2D eigenvalue weighted by atomic mass is 16.5. The van der Waals surface area contributed by atoms with Gasteiger partial charge in [-0.25, -0.2) is 0 Å². The van der Waals surface area contributed by atoms with Crippen LogP contribution in [0.5, 0.6) is 0 Å². The predicted molar refractivity (Wildman–Crippen MR) is 65.3 cm³/mol. The van der Waals surface area contributed by atoms with Gasteiger partial charge in [0.15, 0.2) is 0 Å². The van der Waals surface area contributed by atoms with Crippen molar-refractivity contribution < 1.29 is 9.53 Å². The molecule has 0 spiro atoms. The molecule has 4 heteroatoms. The van der Waals surface area contributed by atoms with Gasteiger partial charge in [-0.2, -0.15) is 0 Å². The number of carbonyl (C=O) groups is 1. The Morgan fingerprint density at radius 3 is 2.76 bits per heavy atom. The lowest BCUT2D eigenvalue weighted by Gasteiger charge is -2.15. The minimum absolute atomic E-state index is 0.00313. The predicted octanol–water partition coefficient (Wildman–Crippen LogP) is 0.763. The summed E-state index contributed by atoms with van der Waals surface area (Å²) in [5.41, 5.74) is 6.86. The van der Waals surface area contributed by atoms with Crippen molar-refractivity contribution >= 4 is 5.91 Å². The summed E-state index contributed by atoms with van der Waals surface area (Å²) in [6, 6.07) is 10.0. The number of nitrogens with two attached hydrogens (primary N) is 1. The van der Waals surface area contributed by atoms with Crippen molar-refractivity contribution in [2.75, 3.05) is 19.7 Å². The van der Waals surface area contributed by atoms with E-state index in [1.54, 1.807) is 4.90 Å². The summed E-state index contributed by atoms with van der Waals surface area (Å²) in [7, 11) is 0. The molecule has 2 N–H and O–H groups in total. The van der Waals surface area contributed by atoms with E-state index in [1.807, 2.05) is 30.3 Å². The number of amides is 1. The first-order valence-electron chi connectivity index (χ1n) is 5.91. The third kappa shape index (κ3) is 3.54. The van der Waals surface area contributed by atoms with Crippen LogP contribution in [-0.2, 0) is 16.1 Å². The summed E-state index contributed by atoms with van der Waals surface area (Å²) in [5.74, 6) is 0.140. The normalized spacial score (nSPS) is 19.9. The van der Waals surface area contributed by atoms with Gasteiger partial charge in [-0.15, -0.1) is 0 Å². The van der Waals surface area contributed by atoms with Gasteiger partial charge in [-0.3, -0.25) is 4.79 Å². The summed E-state index contributed by atoms with van der Waals surface area (Å²) < 4.78 is 5.53. The molecule has 2 rings (SSSR count). The zero-order valence-corrected chi connectivity index (χ0v) is 9.84. The molecule has 1 aliphatic heterocycles. The van der Waals surface area contributed by atoms with Crippen molar-refractivity contribution in [2.24, 2.45) is 5.73 Å². The van der Waals surface area contributed by atoms with E-state index in [0.717, 1.165) is 5.56 Å². The van der Waals surface area contributed by atoms with E-state index in [2.05, 4.69) is 0 Å². The summed E-state index contributed by atoms with van der Waals surface area (Å²) in [6.45, 7) is 2.45. The molecule has 1 amide bonds. The zero-order valence-electron chi connectivity index (χ0n) is 9.84. The average molecular weight is 234 g/mol. The maximum atomic E-state index is 11.4. The molecule has 1 aromatic carbocycles. The van der Waals surface area contributed by atoms with E-state index >= 15 is 0 Å². The molecular formula is C13H18N2O2. The van der Waals surface area contributed by atoms with E-state index in [0.29, 0.717) is 32.7 Å². The molecule has 17 heavy (non-hydrogen) atoms. The largest absolute Gasteiger partial charge is 0.375 e. The van der Waals surface area contributed by atoms with Crippen LogP contribution in [0.3, 0.4) is 0 Å². The van der Waals surface area contributed by atoms with Gasteiger partial charge in [0.25, 0.3) is 0 Å². The minimum atomic E-state index is -0.00313. The van der Waals surface area contributed by atoms with Crippen LogP contribution in [-0.4, -0.2) is 36.5 Å². The Hall–Kier alpha value is -1.39. The fourth-order valence-corrected chi connectivity index (χ4v) is 1.96. The van der Waals surface area contributed by atoms with Crippen LogP contribution < -0.4 is 5.73 Å². The standard InChI is InChI=1S/C13H18N2O2/c14-12-8-13(16)15(9-12)6-7-17-10-11-4-2-1-3-5-11/h1-5,12H,6-10,14H2. The highest BCUT2D eigenvalue weighted by Crippen LogP contribution is 2.08. The van der Waals surface area contributed by atoms with Crippen LogP contribution in [0.2, 0.25) is 0 Å². The number of hydrogen-bond acceptors (Lipinski definition) is 3. The van der Waals surface area contributed by atoms with Gasteiger partial charge in [-0.05, 0) is 5.56 Å². The van der Waals surface area contributed by atoms with Gasteiger partial charge in [0, 0.05) is 25.6 Å². The number of hydrogen-bond donors (Lipinski definition) is 1. The first kappa shape index (κ1) is 12.1. The second kappa shape index (κ2) is 5.80. The van der Waals surface area contributed by atoms with Crippen molar-refractivity contribution in [3.05, 3.63) is 35.9 Å². The van der Waals surface area contributed by atoms with E-state index in [9.17, 15) is 4.79 Å². The third-order valence-corrected chi connectivity index (χ3v) is 2.86. The van der Waals surface area contributed by atoms with Crippen molar-refractivity contribution in [3.63, 3.8) is 0 Å². The van der Waals surface area contributed by atoms with Crippen LogP contribution >= 0.6 is 0 Å². The quantitative estimate of drug-likeness (QED) is 0.765. The molecule has 0 radical (unpaired) electrons. The average Bonchev–Trinajstić information content (AvgIpc) is 2.65. The van der Waals surface area contributed by atoms with E-state index < -0.39 is 0 Å². The molecule has 4 nitrogen and oxygen atoms in total. The van der Waals surface area contributed by atoms with Gasteiger partial charge >= 0.3 is 0 Å². The molecule has 0 aromatic heterocycles. The lowest BCUT2D eigenvalue weighted by atomic mass is 10.2. The van der Waals surface area contributed by atoms with Gasteiger partial charge in [0.2, 0.25) is 5.91 Å². The van der Waals surface area contributed by atoms with E-state index in [1.165, 1.54) is 0 Å². The van der Waals surface area contributed by atoms with Gasteiger partial charge in [0.1, 0.15) is 0 Å². The van der Waals surface area contributed by atoms with Crippen LogP contribution in [0.15, 0.2) is 30.3 Å². The molecule has 1 aromatic rings. The van der Waals surface area contributed by atoms with Crippen LogP contribution in [0.4, 0.5) is 0 Å². The fourth-order valence-electron chi connectivity index (χ4n) is 1.96. The lowest BCUT2D eigenvalue weighted by molar-refractivity contribution is -0.128. The molecule has 1 aliphatic rings. The van der Waals surface area contributed by atoms with E-state index in [4.69, 9.17) is 10.5 Å². The second-order valence-electron chi connectivity index (χ2n) is 4.34. The molecule has 1 atom stereocenters. The Bertz CT molecular complexity index is 367. The number of benzene rings is 1. The minimum Gasteiger partial charge on any atom is -0.375 e. The fraction of sp³-hybridized carbons (Fsp3) is 0.462. The zero-order chi connectivity index (χ0) is 12.1. The SMILES string of the molecule is NC1CC(=O)N(CCOCc2ccccc2)C1. The first-order valence-corrected chi connectivity index (χ1v) is 5.91.